The molecule has 2 rings (SSSR count). The van der Waals surface area contributed by atoms with Gasteiger partial charge in [-0.2, -0.15) is 9.78 Å². The number of rotatable bonds is 2. The third-order valence-corrected chi connectivity index (χ3v) is 3.29. The van der Waals surface area contributed by atoms with Gasteiger partial charge in [-0.1, -0.05) is 5.92 Å². The van der Waals surface area contributed by atoms with Gasteiger partial charge in [-0.15, -0.1) is 0 Å². The average molecular weight is 317 g/mol. The van der Waals surface area contributed by atoms with E-state index in [2.05, 4.69) is 11.0 Å². The molecule has 1 aliphatic rings. The summed E-state index contributed by atoms with van der Waals surface area (Å²) in [4.78, 5) is 24.8. The number of H-pyrrole nitrogens is 1. The number of aromatic nitrogens is 3. The van der Waals surface area contributed by atoms with Gasteiger partial charge in [-0.05, 0) is 18.5 Å². The highest BCUT2D eigenvalue weighted by Crippen LogP contribution is 2.36. The maximum absolute atomic E-state index is 11.8. The molecule has 1 fully saturated rings. The van der Waals surface area contributed by atoms with Gasteiger partial charge in [0.25, 0.3) is 5.56 Å². The van der Waals surface area contributed by atoms with Crippen LogP contribution in [-0.4, -0.2) is 48.8 Å². The van der Waals surface area contributed by atoms with Crippen molar-refractivity contribution in [2.75, 3.05) is 0 Å². The van der Waals surface area contributed by atoms with E-state index >= 15 is 0 Å². The topological polar surface area (TPSA) is 143 Å². The van der Waals surface area contributed by atoms with E-state index < -0.39 is 41.3 Å². The fraction of sp³-hybridized carbons (Fsp3) is 0.545. The van der Waals surface area contributed by atoms with Crippen LogP contribution in [0.2, 0.25) is 0 Å². The number of nitrogens with two attached hydrogens (primary N) is 1. The monoisotopic (exact) mass is 316 g/mol. The minimum absolute atomic E-state index is 0.701. The van der Waals surface area contributed by atoms with Gasteiger partial charge in [0, 0.05) is 5.38 Å². The van der Waals surface area contributed by atoms with Crippen molar-refractivity contribution >= 4 is 11.6 Å². The first kappa shape index (κ1) is 15.7. The van der Waals surface area contributed by atoms with Crippen LogP contribution in [0.4, 0.5) is 0 Å². The molecular formula is C11H13ClN4O5. The molecule has 1 aromatic heterocycles. The van der Waals surface area contributed by atoms with Gasteiger partial charge in [-0.3, -0.25) is 9.78 Å². The number of halogens is 1. The summed E-state index contributed by atoms with van der Waals surface area (Å²) in [6, 6.07) is 0. The number of nitrogens with one attached hydrogen (secondary N) is 1. The lowest BCUT2D eigenvalue weighted by atomic mass is 9.90. The minimum atomic E-state index is -1.78. The maximum Gasteiger partial charge on any atom is 0.347 e. The molecule has 0 amide bonds. The Morgan fingerprint density at radius 1 is 1.67 bits per heavy atom. The zero-order chi connectivity index (χ0) is 15.8. The van der Waals surface area contributed by atoms with E-state index in [0.717, 1.165) is 10.9 Å². The Morgan fingerprint density at radius 3 is 2.86 bits per heavy atom. The van der Waals surface area contributed by atoms with Crippen molar-refractivity contribution in [3.05, 3.63) is 27.0 Å². The molecule has 114 valence electrons. The summed E-state index contributed by atoms with van der Waals surface area (Å²) in [6.07, 6.45) is -4.08. The summed E-state index contributed by atoms with van der Waals surface area (Å²) in [6.45, 7) is 1.38. The molecule has 0 bridgehead atoms. The molecule has 1 aromatic rings. The molecule has 10 heteroatoms. The lowest BCUT2D eigenvalue weighted by Gasteiger charge is -2.26. The van der Waals surface area contributed by atoms with Gasteiger partial charge in [-0.25, -0.2) is 4.79 Å². The number of ether oxygens (including phenoxy) is 1. The second kappa shape index (κ2) is 5.59. The normalized spacial score (nSPS) is 33.3. The van der Waals surface area contributed by atoms with Gasteiger partial charge < -0.3 is 20.7 Å². The van der Waals surface area contributed by atoms with Crippen molar-refractivity contribution in [3.63, 3.8) is 0 Å². The van der Waals surface area contributed by atoms with Gasteiger partial charge in [0.05, 0.1) is 6.10 Å². The number of nitrogens with zero attached hydrogens (tertiary/aromatic N) is 2. The second-order valence-corrected chi connectivity index (χ2v) is 4.86. The molecule has 1 aliphatic heterocycles. The van der Waals surface area contributed by atoms with Crippen molar-refractivity contribution in [1.29, 1.82) is 0 Å². The Balaban J connectivity index is 2.56. The predicted molar refractivity (Wildman–Crippen MR) is 71.3 cm³/mol. The number of hydrogen-bond donors (Lipinski definition) is 4. The Morgan fingerprint density at radius 2 is 2.33 bits per heavy atom. The van der Waals surface area contributed by atoms with E-state index in [1.54, 1.807) is 0 Å². The predicted octanol–water partition coefficient (Wildman–Crippen LogP) is -2.53. The fourth-order valence-corrected chi connectivity index (χ4v) is 2.30. The van der Waals surface area contributed by atoms with Crippen LogP contribution in [0, 0.1) is 11.3 Å². The summed E-state index contributed by atoms with van der Waals surface area (Å²) in [7, 11) is 0. The highest BCUT2D eigenvalue weighted by Gasteiger charge is 2.56. The summed E-state index contributed by atoms with van der Waals surface area (Å²) < 4.78 is 6.13. The van der Waals surface area contributed by atoms with E-state index in [0.29, 0.717) is 0 Å². The number of aliphatic hydroxyl groups is 2. The largest absolute Gasteiger partial charge is 0.391 e. The van der Waals surface area contributed by atoms with Crippen LogP contribution in [0.5, 0.6) is 0 Å². The van der Waals surface area contributed by atoms with Gasteiger partial charge >= 0.3 is 5.69 Å². The van der Waals surface area contributed by atoms with E-state index in [1.807, 2.05) is 10.4 Å². The smallest absolute Gasteiger partial charge is 0.347 e. The standard InChI is InChI=1S/C11H13ClN4O5/c1-5(17)7-8(19)11(13,2-3-12)9(21-7)16-10(20)15-6(18)4-14-16/h4-5,7-9,17,19H,13H2,1H3,(H,15,18,20)/t5-,7+,8?,9+,11?/m0/s1. The number of hydrogen-bond acceptors (Lipinski definition) is 7. The lowest BCUT2D eigenvalue weighted by molar-refractivity contribution is -0.0817. The average Bonchev–Trinajstić information content (AvgIpc) is 2.64. The van der Waals surface area contributed by atoms with Crippen LogP contribution in [-0.2, 0) is 4.74 Å². The van der Waals surface area contributed by atoms with Crippen molar-refractivity contribution in [3.8, 4) is 11.3 Å². The van der Waals surface area contributed by atoms with Crippen molar-refractivity contribution < 1.29 is 14.9 Å². The van der Waals surface area contributed by atoms with Crippen LogP contribution in [0.1, 0.15) is 13.2 Å². The van der Waals surface area contributed by atoms with Crippen LogP contribution in [0.25, 0.3) is 0 Å². The van der Waals surface area contributed by atoms with Gasteiger partial charge in [0.1, 0.15) is 18.4 Å². The first-order valence-electron chi connectivity index (χ1n) is 5.92. The van der Waals surface area contributed by atoms with Crippen LogP contribution in [0.3, 0.4) is 0 Å². The van der Waals surface area contributed by atoms with E-state index in [1.165, 1.54) is 6.92 Å². The van der Waals surface area contributed by atoms with E-state index in [9.17, 15) is 19.8 Å². The van der Waals surface area contributed by atoms with Gasteiger partial charge in [0.15, 0.2) is 11.8 Å². The molecule has 9 nitrogen and oxygen atoms in total. The molecule has 2 heterocycles. The lowest BCUT2D eigenvalue weighted by Crippen LogP contribution is -2.56. The first-order chi connectivity index (χ1) is 9.81. The van der Waals surface area contributed by atoms with Crippen LogP contribution in [0.15, 0.2) is 15.8 Å². The molecule has 5 N–H and O–H groups in total. The summed E-state index contributed by atoms with van der Waals surface area (Å²) in [5.41, 5.74) is 2.62. The first-order valence-corrected chi connectivity index (χ1v) is 6.30. The Hall–Kier alpha value is -1.70. The zero-order valence-electron chi connectivity index (χ0n) is 10.9. The van der Waals surface area contributed by atoms with Crippen LogP contribution >= 0.6 is 11.6 Å². The molecule has 21 heavy (non-hydrogen) atoms. The van der Waals surface area contributed by atoms with E-state index in [4.69, 9.17) is 22.1 Å². The zero-order valence-corrected chi connectivity index (χ0v) is 11.6. The number of aliphatic hydroxyl groups excluding tert-OH is 2. The third-order valence-electron chi connectivity index (χ3n) is 3.19. The Labute approximate surface area is 123 Å². The highest BCUT2D eigenvalue weighted by atomic mass is 35.5. The third kappa shape index (κ3) is 2.59. The quantitative estimate of drug-likeness (QED) is 0.440. The van der Waals surface area contributed by atoms with Gasteiger partial charge in [0.2, 0.25) is 0 Å². The minimum Gasteiger partial charge on any atom is -0.391 e. The summed E-state index contributed by atoms with van der Waals surface area (Å²) in [5, 5.41) is 25.5. The number of aromatic amines is 1. The second-order valence-electron chi connectivity index (χ2n) is 4.67. The molecule has 0 saturated carbocycles. The molecular weight excluding hydrogens is 304 g/mol. The van der Waals surface area contributed by atoms with Crippen molar-refractivity contribution in [2.24, 2.45) is 5.73 Å². The summed E-state index contributed by atoms with van der Waals surface area (Å²) >= 11 is 5.35. The highest BCUT2D eigenvalue weighted by molar-refractivity contribution is 6.30. The molecule has 0 aliphatic carbocycles. The Bertz CT molecular complexity index is 705. The fourth-order valence-electron chi connectivity index (χ4n) is 2.14. The molecule has 0 spiro atoms. The molecule has 0 radical (unpaired) electrons. The van der Waals surface area contributed by atoms with Crippen molar-refractivity contribution in [2.45, 2.75) is 37.0 Å². The Kier molecular flexibility index (Phi) is 4.18. The van der Waals surface area contributed by atoms with Crippen molar-refractivity contribution in [1.82, 2.24) is 14.8 Å². The molecule has 2 unspecified atom stereocenters. The molecule has 1 saturated heterocycles. The maximum atomic E-state index is 11.8. The SMILES string of the molecule is C[C@H](O)[C@H]1O[C@@H](n2ncc(=O)[nH]c2=O)C(N)(C#CCl)C1O. The molecule has 5 atom stereocenters. The van der Waals surface area contributed by atoms with E-state index in [-0.39, 0.29) is 0 Å². The van der Waals surface area contributed by atoms with Crippen LogP contribution < -0.4 is 17.0 Å². The summed E-state index contributed by atoms with van der Waals surface area (Å²) in [5.74, 6) is 2.36. The molecule has 0 aromatic carbocycles.